The largest absolute Gasteiger partial charge is 0.491 e. The Labute approximate surface area is 156 Å². The summed E-state index contributed by atoms with van der Waals surface area (Å²) in [4.78, 5) is 28.4. The smallest absolute Gasteiger partial charge is 0.317 e. The number of hydrogen-bond acceptors (Lipinski definition) is 3. The minimum Gasteiger partial charge on any atom is -0.491 e. The lowest BCUT2D eigenvalue weighted by atomic mass is 9.97. The lowest BCUT2D eigenvalue weighted by Crippen LogP contribution is -2.53. The molecule has 6 nitrogen and oxygen atoms in total. The molecule has 1 fully saturated rings. The molecule has 0 spiro atoms. The number of ether oxygens (including phenoxy) is 1. The number of hydrogen-bond donors (Lipinski definition) is 1. The fraction of sp³-hybridized carbons (Fsp3) is 0.600. The normalized spacial score (nSPS) is 15.2. The maximum atomic E-state index is 12.6. The van der Waals surface area contributed by atoms with E-state index in [2.05, 4.69) is 26.1 Å². The van der Waals surface area contributed by atoms with Crippen molar-refractivity contribution in [1.29, 1.82) is 0 Å². The van der Waals surface area contributed by atoms with Crippen LogP contribution in [0.5, 0.6) is 5.75 Å². The Morgan fingerprint density at radius 2 is 1.58 bits per heavy atom. The van der Waals surface area contributed by atoms with Gasteiger partial charge in [-0.3, -0.25) is 4.79 Å². The van der Waals surface area contributed by atoms with E-state index in [1.54, 1.807) is 21.9 Å². The van der Waals surface area contributed by atoms with Gasteiger partial charge < -0.3 is 19.9 Å². The second kappa shape index (κ2) is 8.43. The number of carbonyl (C=O) groups excluding carboxylic acids is 2. The van der Waals surface area contributed by atoms with Gasteiger partial charge >= 0.3 is 6.03 Å². The Hall–Kier alpha value is -2.24. The first-order valence-electron chi connectivity index (χ1n) is 9.24. The molecule has 26 heavy (non-hydrogen) atoms. The van der Waals surface area contributed by atoms with E-state index in [9.17, 15) is 9.59 Å². The third-order valence-electron chi connectivity index (χ3n) is 4.10. The van der Waals surface area contributed by atoms with Crippen molar-refractivity contribution < 1.29 is 14.3 Å². The number of benzene rings is 1. The standard InChI is InChI=1S/C20H31N3O3/c1-15(2)26-17-8-6-16(7-9-17)18(24)22-10-12-23(13-11-22)19(25)21-14-20(3,4)5/h6-9,15H,10-14H2,1-5H3,(H,21,25). The van der Waals surface area contributed by atoms with E-state index in [1.165, 1.54) is 0 Å². The summed E-state index contributed by atoms with van der Waals surface area (Å²) in [7, 11) is 0. The molecule has 1 aliphatic heterocycles. The van der Waals surface area contributed by atoms with Crippen LogP contribution in [-0.2, 0) is 0 Å². The van der Waals surface area contributed by atoms with Gasteiger partial charge in [-0.25, -0.2) is 4.79 Å². The first-order valence-corrected chi connectivity index (χ1v) is 9.24. The highest BCUT2D eigenvalue weighted by molar-refractivity contribution is 5.94. The Bertz CT molecular complexity index is 612. The lowest BCUT2D eigenvalue weighted by molar-refractivity contribution is 0.0664. The lowest BCUT2D eigenvalue weighted by Gasteiger charge is -2.35. The van der Waals surface area contributed by atoms with Gasteiger partial charge in [0, 0.05) is 38.3 Å². The van der Waals surface area contributed by atoms with Gasteiger partial charge in [0.2, 0.25) is 0 Å². The molecule has 0 unspecified atom stereocenters. The molecule has 6 heteroatoms. The molecule has 1 aromatic rings. The second-order valence-electron chi connectivity index (χ2n) is 8.19. The zero-order chi connectivity index (χ0) is 19.3. The third-order valence-corrected chi connectivity index (χ3v) is 4.10. The molecule has 1 aliphatic rings. The highest BCUT2D eigenvalue weighted by Crippen LogP contribution is 2.16. The molecule has 0 aliphatic carbocycles. The summed E-state index contributed by atoms with van der Waals surface area (Å²) < 4.78 is 5.61. The van der Waals surface area contributed by atoms with E-state index in [0.29, 0.717) is 38.3 Å². The molecule has 144 valence electrons. The average molecular weight is 361 g/mol. The summed E-state index contributed by atoms with van der Waals surface area (Å²) >= 11 is 0. The molecule has 0 saturated carbocycles. The Balaban J connectivity index is 1.85. The maximum absolute atomic E-state index is 12.6. The van der Waals surface area contributed by atoms with E-state index in [0.717, 1.165) is 5.75 Å². The maximum Gasteiger partial charge on any atom is 0.317 e. The van der Waals surface area contributed by atoms with Crippen molar-refractivity contribution in [2.45, 2.75) is 40.7 Å². The van der Waals surface area contributed by atoms with Crippen molar-refractivity contribution in [2.24, 2.45) is 5.41 Å². The van der Waals surface area contributed by atoms with Crippen LogP contribution in [0.4, 0.5) is 4.79 Å². The van der Waals surface area contributed by atoms with Gasteiger partial charge in [-0.2, -0.15) is 0 Å². The summed E-state index contributed by atoms with van der Waals surface area (Å²) in [6.07, 6.45) is 0.106. The Kier molecular flexibility index (Phi) is 6.51. The van der Waals surface area contributed by atoms with Crippen LogP contribution >= 0.6 is 0 Å². The number of urea groups is 1. The molecular weight excluding hydrogens is 330 g/mol. The number of carbonyl (C=O) groups is 2. The first kappa shape index (κ1) is 20.1. The topological polar surface area (TPSA) is 61.9 Å². The predicted molar refractivity (Wildman–Crippen MR) is 103 cm³/mol. The van der Waals surface area contributed by atoms with Crippen molar-refractivity contribution in [2.75, 3.05) is 32.7 Å². The number of nitrogens with one attached hydrogen (secondary N) is 1. The van der Waals surface area contributed by atoms with Gasteiger partial charge in [0.15, 0.2) is 0 Å². The van der Waals surface area contributed by atoms with Gasteiger partial charge in [0.1, 0.15) is 5.75 Å². The van der Waals surface area contributed by atoms with Gasteiger partial charge in [-0.05, 0) is 43.5 Å². The zero-order valence-corrected chi connectivity index (χ0v) is 16.5. The van der Waals surface area contributed by atoms with Crippen LogP contribution in [0, 0.1) is 5.41 Å². The number of piperazine rings is 1. The summed E-state index contributed by atoms with van der Waals surface area (Å²) in [6.45, 7) is 13.0. The van der Waals surface area contributed by atoms with Crippen molar-refractivity contribution in [1.82, 2.24) is 15.1 Å². The average Bonchev–Trinajstić information content (AvgIpc) is 2.59. The van der Waals surface area contributed by atoms with E-state index >= 15 is 0 Å². The third kappa shape index (κ3) is 5.93. The number of amides is 3. The summed E-state index contributed by atoms with van der Waals surface area (Å²) in [6, 6.07) is 7.18. The molecule has 0 bridgehead atoms. The minimum atomic E-state index is -0.0535. The monoisotopic (exact) mass is 361 g/mol. The van der Waals surface area contributed by atoms with Crippen molar-refractivity contribution in [3.05, 3.63) is 29.8 Å². The molecular formula is C20H31N3O3. The van der Waals surface area contributed by atoms with E-state index < -0.39 is 0 Å². The summed E-state index contributed by atoms with van der Waals surface area (Å²) in [5, 5.41) is 2.96. The van der Waals surface area contributed by atoms with Gasteiger partial charge in [-0.1, -0.05) is 20.8 Å². The molecule has 1 saturated heterocycles. The molecule has 0 radical (unpaired) electrons. The SMILES string of the molecule is CC(C)Oc1ccc(C(=O)N2CCN(C(=O)NCC(C)(C)C)CC2)cc1. The fourth-order valence-electron chi connectivity index (χ4n) is 2.70. The van der Waals surface area contributed by atoms with Crippen LogP contribution in [0.3, 0.4) is 0 Å². The fourth-order valence-corrected chi connectivity index (χ4v) is 2.70. The van der Waals surface area contributed by atoms with Crippen LogP contribution in [0.25, 0.3) is 0 Å². The minimum absolute atomic E-state index is 0.00385. The van der Waals surface area contributed by atoms with Crippen molar-refractivity contribution in [3.8, 4) is 5.75 Å². The number of nitrogens with zero attached hydrogens (tertiary/aromatic N) is 2. The number of rotatable bonds is 4. The molecule has 0 aromatic heterocycles. The molecule has 3 amide bonds. The molecule has 1 N–H and O–H groups in total. The van der Waals surface area contributed by atoms with Crippen LogP contribution in [0.1, 0.15) is 45.0 Å². The van der Waals surface area contributed by atoms with Gasteiger partial charge in [-0.15, -0.1) is 0 Å². The van der Waals surface area contributed by atoms with Gasteiger partial charge in [0.05, 0.1) is 6.10 Å². The molecule has 1 aromatic carbocycles. The summed E-state index contributed by atoms with van der Waals surface area (Å²) in [5.74, 6) is 0.757. The van der Waals surface area contributed by atoms with Crippen LogP contribution in [0.15, 0.2) is 24.3 Å². The van der Waals surface area contributed by atoms with E-state index in [4.69, 9.17) is 4.74 Å². The highest BCUT2D eigenvalue weighted by atomic mass is 16.5. The van der Waals surface area contributed by atoms with E-state index in [1.807, 2.05) is 26.0 Å². The summed E-state index contributed by atoms with van der Waals surface area (Å²) in [5.41, 5.74) is 0.700. The molecule has 1 heterocycles. The quantitative estimate of drug-likeness (QED) is 0.897. The Morgan fingerprint density at radius 1 is 1.04 bits per heavy atom. The molecule has 0 atom stereocenters. The van der Waals surface area contributed by atoms with Gasteiger partial charge in [0.25, 0.3) is 5.91 Å². The Morgan fingerprint density at radius 3 is 2.08 bits per heavy atom. The molecule has 2 rings (SSSR count). The van der Waals surface area contributed by atoms with Crippen molar-refractivity contribution >= 4 is 11.9 Å². The zero-order valence-electron chi connectivity index (χ0n) is 16.5. The highest BCUT2D eigenvalue weighted by Gasteiger charge is 2.25. The second-order valence-corrected chi connectivity index (χ2v) is 8.19. The van der Waals surface area contributed by atoms with Crippen molar-refractivity contribution in [3.63, 3.8) is 0 Å². The van der Waals surface area contributed by atoms with Crippen LogP contribution < -0.4 is 10.1 Å². The predicted octanol–water partition coefficient (Wildman–Crippen LogP) is 2.99. The van der Waals surface area contributed by atoms with Crippen LogP contribution in [-0.4, -0.2) is 60.6 Å². The first-order chi connectivity index (χ1) is 12.2. The van der Waals surface area contributed by atoms with Crippen LogP contribution in [0.2, 0.25) is 0 Å². The van der Waals surface area contributed by atoms with E-state index in [-0.39, 0.29) is 23.5 Å².